The number of carboxylic acids is 1. The Kier molecular flexibility index (Phi) is 3.90. The van der Waals surface area contributed by atoms with Crippen LogP contribution in [0.3, 0.4) is 0 Å². The van der Waals surface area contributed by atoms with Gasteiger partial charge in [-0.1, -0.05) is 18.2 Å². The molecule has 28 heavy (non-hydrogen) atoms. The van der Waals surface area contributed by atoms with E-state index in [1.807, 2.05) is 36.5 Å². The van der Waals surface area contributed by atoms with Gasteiger partial charge in [-0.15, -0.1) is 0 Å². The molecule has 1 aromatic heterocycles. The number of H-pyrrole nitrogens is 1. The minimum absolute atomic E-state index is 0.00975. The normalized spacial score (nSPS) is 15.9. The number of nitrogens with one attached hydrogen (secondary N) is 2. The number of fused-ring (bicyclic) bond motifs is 2. The van der Waals surface area contributed by atoms with Gasteiger partial charge >= 0.3 is 5.97 Å². The predicted molar refractivity (Wildman–Crippen MR) is 109 cm³/mol. The lowest BCUT2D eigenvalue weighted by Gasteiger charge is -2.30. The summed E-state index contributed by atoms with van der Waals surface area (Å²) < 4.78 is 0. The van der Waals surface area contributed by atoms with Crippen molar-refractivity contribution in [2.75, 3.05) is 5.32 Å². The molecule has 0 unspecified atom stereocenters. The Morgan fingerprint density at radius 3 is 2.79 bits per heavy atom. The average Bonchev–Trinajstić information content (AvgIpc) is 3.10. The Bertz CT molecular complexity index is 1140. The molecule has 0 saturated carbocycles. The highest BCUT2D eigenvalue weighted by atomic mass is 16.4. The van der Waals surface area contributed by atoms with E-state index in [1.54, 1.807) is 0 Å². The first-order valence-corrected chi connectivity index (χ1v) is 9.75. The first-order chi connectivity index (χ1) is 13.6. The van der Waals surface area contributed by atoms with E-state index in [-0.39, 0.29) is 11.3 Å². The van der Waals surface area contributed by atoms with E-state index >= 15 is 0 Å². The summed E-state index contributed by atoms with van der Waals surface area (Å²) in [5.41, 5.74) is 6.77. The average molecular weight is 374 g/mol. The second-order valence-corrected chi connectivity index (χ2v) is 7.73. The molecule has 2 aliphatic rings. The van der Waals surface area contributed by atoms with Crippen molar-refractivity contribution in [2.24, 2.45) is 0 Å². The van der Waals surface area contributed by atoms with E-state index < -0.39 is 5.97 Å². The minimum atomic E-state index is -1.10. The van der Waals surface area contributed by atoms with Crippen molar-refractivity contribution in [2.45, 2.75) is 38.5 Å². The molecular formula is C23H22N2O3. The number of benzene rings is 2. The summed E-state index contributed by atoms with van der Waals surface area (Å²) in [5.74, 6) is -1.23. The summed E-state index contributed by atoms with van der Waals surface area (Å²) in [4.78, 5) is 15.2. The van der Waals surface area contributed by atoms with Crippen LogP contribution in [-0.2, 0) is 12.8 Å². The molecule has 5 heteroatoms. The highest BCUT2D eigenvalue weighted by molar-refractivity contribution is 5.99. The molecule has 4 N–H and O–H groups in total. The van der Waals surface area contributed by atoms with Gasteiger partial charge in [0.25, 0.3) is 0 Å². The molecule has 0 bridgehead atoms. The van der Waals surface area contributed by atoms with Crippen LogP contribution in [0.4, 0.5) is 5.69 Å². The van der Waals surface area contributed by atoms with E-state index in [0.29, 0.717) is 17.7 Å². The molecule has 0 saturated heterocycles. The molecule has 142 valence electrons. The van der Waals surface area contributed by atoms with Crippen LogP contribution in [-0.4, -0.2) is 21.2 Å². The van der Waals surface area contributed by atoms with Gasteiger partial charge in [-0.2, -0.15) is 0 Å². The zero-order chi connectivity index (χ0) is 19.3. The van der Waals surface area contributed by atoms with Crippen molar-refractivity contribution in [1.29, 1.82) is 0 Å². The van der Waals surface area contributed by atoms with Crippen LogP contribution in [0.5, 0.6) is 5.75 Å². The number of aromatic carboxylic acids is 1. The van der Waals surface area contributed by atoms with Gasteiger partial charge in [0.1, 0.15) is 11.3 Å². The number of aromatic nitrogens is 1. The van der Waals surface area contributed by atoms with Crippen molar-refractivity contribution < 1.29 is 15.0 Å². The van der Waals surface area contributed by atoms with E-state index in [4.69, 9.17) is 0 Å². The molecular weight excluding hydrogens is 352 g/mol. The largest absolute Gasteiger partial charge is 0.507 e. The molecule has 5 rings (SSSR count). The van der Waals surface area contributed by atoms with Gasteiger partial charge in [0.05, 0.1) is 5.69 Å². The number of anilines is 1. The van der Waals surface area contributed by atoms with Crippen LogP contribution in [0, 0.1) is 0 Å². The van der Waals surface area contributed by atoms with Crippen molar-refractivity contribution >= 4 is 22.6 Å². The number of allylic oxidation sites excluding steroid dienone is 2. The third-order valence-electron chi connectivity index (χ3n) is 5.99. The van der Waals surface area contributed by atoms with Crippen molar-refractivity contribution in [3.05, 3.63) is 70.1 Å². The number of phenols is 1. The molecule has 5 nitrogen and oxygen atoms in total. The van der Waals surface area contributed by atoms with Gasteiger partial charge in [-0.25, -0.2) is 4.79 Å². The third kappa shape index (κ3) is 2.66. The molecule has 0 amide bonds. The second-order valence-electron chi connectivity index (χ2n) is 7.73. The molecule has 0 radical (unpaired) electrons. The van der Waals surface area contributed by atoms with Gasteiger partial charge in [-0.3, -0.25) is 0 Å². The summed E-state index contributed by atoms with van der Waals surface area (Å²) in [7, 11) is 0. The van der Waals surface area contributed by atoms with Crippen LogP contribution in [0.25, 0.3) is 10.9 Å². The summed E-state index contributed by atoms with van der Waals surface area (Å²) >= 11 is 0. The van der Waals surface area contributed by atoms with Crippen LogP contribution in [0.2, 0.25) is 0 Å². The van der Waals surface area contributed by atoms with Gasteiger partial charge in [0.15, 0.2) is 0 Å². The van der Waals surface area contributed by atoms with Crippen molar-refractivity contribution in [1.82, 2.24) is 4.98 Å². The molecule has 1 aliphatic heterocycles. The molecule has 1 aliphatic carbocycles. The fraction of sp³-hybridized carbons (Fsp3) is 0.261. The van der Waals surface area contributed by atoms with E-state index in [2.05, 4.69) is 10.3 Å². The summed E-state index contributed by atoms with van der Waals surface area (Å²) in [5, 5.41) is 25.1. The summed E-state index contributed by atoms with van der Waals surface area (Å²) in [6.07, 6.45) is 7.49. The number of aromatic amines is 1. The molecule has 2 heterocycles. The van der Waals surface area contributed by atoms with E-state index in [9.17, 15) is 15.0 Å². The molecule has 0 atom stereocenters. The third-order valence-corrected chi connectivity index (χ3v) is 5.99. The van der Waals surface area contributed by atoms with Crippen LogP contribution in [0.15, 0.2) is 47.8 Å². The van der Waals surface area contributed by atoms with Gasteiger partial charge in [0.2, 0.25) is 0 Å². The van der Waals surface area contributed by atoms with Gasteiger partial charge in [0, 0.05) is 29.2 Å². The zero-order valence-corrected chi connectivity index (χ0v) is 15.5. The molecule has 0 spiro atoms. The van der Waals surface area contributed by atoms with E-state index in [0.717, 1.165) is 53.4 Å². The number of rotatable bonds is 3. The highest BCUT2D eigenvalue weighted by Gasteiger charge is 2.28. The van der Waals surface area contributed by atoms with Crippen molar-refractivity contribution in [3.8, 4) is 5.75 Å². The number of hydrogen-bond donors (Lipinski definition) is 4. The number of aromatic hydroxyl groups is 1. The minimum Gasteiger partial charge on any atom is -0.507 e. The lowest BCUT2D eigenvalue weighted by molar-refractivity contribution is 0.0694. The summed E-state index contributed by atoms with van der Waals surface area (Å²) in [6, 6.07) is 9.98. The van der Waals surface area contributed by atoms with Crippen LogP contribution in [0.1, 0.15) is 52.7 Å². The van der Waals surface area contributed by atoms with Gasteiger partial charge in [-0.05, 0) is 66.5 Å². The quantitative estimate of drug-likeness (QED) is 0.522. The van der Waals surface area contributed by atoms with Crippen molar-refractivity contribution in [3.63, 3.8) is 0 Å². The Hall–Kier alpha value is -3.21. The topological polar surface area (TPSA) is 85.3 Å². The Morgan fingerprint density at radius 2 is 1.93 bits per heavy atom. The number of carboxylic acid groups (broad SMARTS) is 1. The fourth-order valence-electron chi connectivity index (χ4n) is 4.59. The molecule has 3 aromatic rings. The first kappa shape index (κ1) is 16.9. The highest BCUT2D eigenvalue weighted by Crippen LogP contribution is 2.42. The van der Waals surface area contributed by atoms with E-state index in [1.165, 1.54) is 12.0 Å². The molecule has 0 fully saturated rings. The maximum absolute atomic E-state index is 12.0. The fourth-order valence-corrected chi connectivity index (χ4v) is 4.59. The predicted octanol–water partition coefficient (Wildman–Crippen LogP) is 4.96. The number of hydrogen-bond acceptors (Lipinski definition) is 3. The Labute approximate surface area is 162 Å². The smallest absolute Gasteiger partial charge is 0.341 e. The number of carbonyl (C=O) groups is 1. The van der Waals surface area contributed by atoms with Crippen LogP contribution < -0.4 is 5.32 Å². The van der Waals surface area contributed by atoms with Crippen LogP contribution >= 0.6 is 0 Å². The first-order valence-electron chi connectivity index (χ1n) is 9.75. The Balaban J connectivity index is 1.61. The maximum Gasteiger partial charge on any atom is 0.341 e. The zero-order valence-electron chi connectivity index (χ0n) is 15.5. The standard InChI is InChI=1S/C23H22N2O3/c26-22-15(11-16-12-24-19-8-4-2-6-17(16)19)10-14-9-13-5-1-3-7-18(13)25-21(14)20(22)23(27)28/h2,4,6,8,10,12,24-26H,1,3,5,7,9,11H2,(H,27,28). The lowest BCUT2D eigenvalue weighted by Crippen LogP contribution is -2.19. The molecule has 2 aromatic carbocycles. The SMILES string of the molecule is O=C(O)c1c(O)c(Cc2c[nH]c3ccccc23)cc2c1NC1=C(CCCC1)C2. The number of para-hydroxylation sites is 1. The maximum atomic E-state index is 12.0. The monoisotopic (exact) mass is 374 g/mol. The Morgan fingerprint density at radius 1 is 1.11 bits per heavy atom. The summed E-state index contributed by atoms with van der Waals surface area (Å²) in [6.45, 7) is 0. The second kappa shape index (κ2) is 6.44. The lowest BCUT2D eigenvalue weighted by atomic mass is 9.85. The van der Waals surface area contributed by atoms with Gasteiger partial charge < -0.3 is 20.5 Å².